The van der Waals surface area contributed by atoms with Gasteiger partial charge in [-0.05, 0) is 73.4 Å². The molecule has 162 valence electrons. The molecule has 1 nitrogen and oxygen atoms in total. The van der Waals surface area contributed by atoms with E-state index in [1.165, 1.54) is 50.5 Å². The third-order valence-corrected chi connectivity index (χ3v) is 5.08. The van der Waals surface area contributed by atoms with Crippen molar-refractivity contribution in [1.29, 1.82) is 0 Å². The molecule has 2 aromatic carbocycles. The zero-order valence-electron chi connectivity index (χ0n) is 19.3. The Morgan fingerprint density at radius 3 is 1.77 bits per heavy atom. The van der Waals surface area contributed by atoms with E-state index in [1.54, 1.807) is 12.2 Å². The van der Waals surface area contributed by atoms with E-state index in [1.807, 2.05) is 24.3 Å². The molecule has 0 saturated heterocycles. The molecule has 0 aliphatic heterocycles. The molecule has 2 aromatic rings. The van der Waals surface area contributed by atoms with Gasteiger partial charge in [0.15, 0.2) is 0 Å². The normalized spacial score (nSPS) is 10.3. The van der Waals surface area contributed by atoms with Crippen LogP contribution in [-0.4, -0.2) is 6.61 Å². The van der Waals surface area contributed by atoms with Crippen molar-refractivity contribution in [2.24, 2.45) is 0 Å². The van der Waals surface area contributed by atoms with Crippen LogP contribution in [0.15, 0.2) is 60.7 Å². The monoisotopic (exact) mass is 412 g/mol. The van der Waals surface area contributed by atoms with Gasteiger partial charge in [0, 0.05) is 11.1 Å². The first-order valence-electron chi connectivity index (χ1n) is 11.8. The van der Waals surface area contributed by atoms with Gasteiger partial charge in [-0.1, -0.05) is 88.2 Å². The lowest BCUT2D eigenvalue weighted by molar-refractivity contribution is 0.305. The Bertz CT molecular complexity index is 880. The van der Waals surface area contributed by atoms with E-state index in [0.717, 1.165) is 36.3 Å². The zero-order chi connectivity index (χ0) is 22.0. The summed E-state index contributed by atoms with van der Waals surface area (Å²) in [6, 6.07) is 16.6. The fourth-order valence-corrected chi connectivity index (χ4v) is 3.20. The number of unbranched alkanes of at least 4 members (excludes halogenated alkanes) is 6. The van der Waals surface area contributed by atoms with Crippen LogP contribution in [0.3, 0.4) is 0 Å². The number of rotatable bonds is 11. The Morgan fingerprint density at radius 1 is 0.645 bits per heavy atom. The summed E-state index contributed by atoms with van der Waals surface area (Å²) >= 11 is 0. The minimum atomic E-state index is 0.786. The quantitative estimate of drug-likeness (QED) is 0.271. The zero-order valence-corrected chi connectivity index (χ0v) is 19.3. The minimum Gasteiger partial charge on any atom is -0.494 e. The Morgan fingerprint density at radius 2 is 1.19 bits per heavy atom. The highest BCUT2D eigenvalue weighted by molar-refractivity contribution is 5.42. The first-order valence-corrected chi connectivity index (χ1v) is 11.8. The van der Waals surface area contributed by atoms with Crippen LogP contribution in [0, 0.1) is 23.7 Å². The summed E-state index contributed by atoms with van der Waals surface area (Å²) < 4.78 is 5.76. The second kappa shape index (κ2) is 15.9. The molecule has 2 rings (SSSR count). The lowest BCUT2D eigenvalue weighted by Crippen LogP contribution is -1.96. The van der Waals surface area contributed by atoms with Crippen molar-refractivity contribution in [2.75, 3.05) is 6.61 Å². The third-order valence-electron chi connectivity index (χ3n) is 5.08. The van der Waals surface area contributed by atoms with Crippen molar-refractivity contribution in [3.8, 4) is 29.4 Å². The SMILES string of the molecule is CCCCCCOc1ccc(C#C/C=C/C#Cc2ccc(CCCCCC)cc2)cc1. The molecule has 0 amide bonds. The van der Waals surface area contributed by atoms with Crippen LogP contribution in [0.25, 0.3) is 0 Å². The van der Waals surface area contributed by atoms with Gasteiger partial charge in [0.25, 0.3) is 0 Å². The molecule has 0 fully saturated rings. The van der Waals surface area contributed by atoms with Crippen LogP contribution in [-0.2, 0) is 6.42 Å². The average Bonchev–Trinajstić information content (AvgIpc) is 2.80. The molecule has 0 unspecified atom stereocenters. The van der Waals surface area contributed by atoms with Gasteiger partial charge in [0.05, 0.1) is 6.61 Å². The molecule has 0 heterocycles. The molecular weight excluding hydrogens is 376 g/mol. The third kappa shape index (κ3) is 11.2. The van der Waals surface area contributed by atoms with Crippen LogP contribution in [0.5, 0.6) is 5.75 Å². The summed E-state index contributed by atoms with van der Waals surface area (Å²) in [5.74, 6) is 13.3. The molecule has 0 aromatic heterocycles. The molecule has 31 heavy (non-hydrogen) atoms. The maximum Gasteiger partial charge on any atom is 0.119 e. The van der Waals surface area contributed by atoms with Gasteiger partial charge in [0.2, 0.25) is 0 Å². The average molecular weight is 413 g/mol. The van der Waals surface area contributed by atoms with E-state index in [-0.39, 0.29) is 0 Å². The van der Waals surface area contributed by atoms with Crippen molar-refractivity contribution < 1.29 is 4.74 Å². The highest BCUT2D eigenvalue weighted by atomic mass is 16.5. The standard InChI is InChI=1S/C30H36O/c1-3-5-7-11-15-27-18-20-28(21-19-27)16-12-9-10-13-17-29-22-24-30(25-23-29)31-26-14-8-6-4-2/h9-10,18-25H,3-8,11,14-15,26H2,1-2H3/b10-9+. The van der Waals surface area contributed by atoms with Crippen molar-refractivity contribution in [1.82, 2.24) is 0 Å². The van der Waals surface area contributed by atoms with Crippen molar-refractivity contribution >= 4 is 0 Å². The van der Waals surface area contributed by atoms with E-state index < -0.39 is 0 Å². The highest BCUT2D eigenvalue weighted by Crippen LogP contribution is 2.12. The summed E-state index contributed by atoms with van der Waals surface area (Å²) in [5, 5.41) is 0. The molecule has 0 atom stereocenters. The molecule has 0 aliphatic rings. The number of ether oxygens (including phenoxy) is 1. The van der Waals surface area contributed by atoms with E-state index in [4.69, 9.17) is 4.74 Å². The van der Waals surface area contributed by atoms with Gasteiger partial charge < -0.3 is 4.74 Å². The summed E-state index contributed by atoms with van der Waals surface area (Å²) in [5.41, 5.74) is 3.42. The second-order valence-corrected chi connectivity index (χ2v) is 7.81. The highest BCUT2D eigenvalue weighted by Gasteiger charge is 1.95. The fourth-order valence-electron chi connectivity index (χ4n) is 3.20. The molecule has 0 bridgehead atoms. The summed E-state index contributed by atoms with van der Waals surface area (Å²) in [6.07, 6.45) is 14.9. The fraction of sp³-hybridized carbons (Fsp3) is 0.400. The van der Waals surface area contributed by atoms with Crippen LogP contribution in [0.4, 0.5) is 0 Å². The maximum absolute atomic E-state index is 5.76. The van der Waals surface area contributed by atoms with E-state index in [0.29, 0.717) is 0 Å². The number of allylic oxidation sites excluding steroid dienone is 2. The Hall–Kier alpha value is -2.90. The van der Waals surface area contributed by atoms with Crippen molar-refractivity contribution in [3.63, 3.8) is 0 Å². The van der Waals surface area contributed by atoms with Crippen molar-refractivity contribution in [2.45, 2.75) is 71.6 Å². The van der Waals surface area contributed by atoms with Crippen molar-refractivity contribution in [3.05, 3.63) is 77.4 Å². The van der Waals surface area contributed by atoms with Gasteiger partial charge >= 0.3 is 0 Å². The predicted octanol–water partition coefficient (Wildman–Crippen LogP) is 7.73. The topological polar surface area (TPSA) is 9.23 Å². The number of hydrogen-bond donors (Lipinski definition) is 0. The molecule has 1 heteroatoms. The van der Waals surface area contributed by atoms with Crippen LogP contribution < -0.4 is 4.74 Å². The van der Waals surface area contributed by atoms with Gasteiger partial charge in [-0.3, -0.25) is 0 Å². The molecule has 0 aliphatic carbocycles. The summed E-state index contributed by atoms with van der Waals surface area (Å²) in [6.45, 7) is 5.25. The smallest absolute Gasteiger partial charge is 0.119 e. The van der Waals surface area contributed by atoms with Gasteiger partial charge in [-0.2, -0.15) is 0 Å². The number of aryl methyl sites for hydroxylation is 1. The van der Waals surface area contributed by atoms with E-state index in [2.05, 4.69) is 61.8 Å². The minimum absolute atomic E-state index is 0.786. The van der Waals surface area contributed by atoms with E-state index >= 15 is 0 Å². The van der Waals surface area contributed by atoms with Gasteiger partial charge in [0.1, 0.15) is 5.75 Å². The van der Waals surface area contributed by atoms with Gasteiger partial charge in [-0.25, -0.2) is 0 Å². The van der Waals surface area contributed by atoms with E-state index in [9.17, 15) is 0 Å². The van der Waals surface area contributed by atoms with Gasteiger partial charge in [-0.15, -0.1) is 0 Å². The lowest BCUT2D eigenvalue weighted by Gasteiger charge is -2.05. The number of hydrogen-bond acceptors (Lipinski definition) is 1. The molecule has 0 radical (unpaired) electrons. The molecule has 0 saturated carbocycles. The largest absolute Gasteiger partial charge is 0.494 e. The second-order valence-electron chi connectivity index (χ2n) is 7.81. The first kappa shape index (κ1) is 24.4. The Labute approximate surface area is 189 Å². The maximum atomic E-state index is 5.76. The Balaban J connectivity index is 1.73. The van der Waals surface area contributed by atoms with Crippen LogP contribution in [0.2, 0.25) is 0 Å². The predicted molar refractivity (Wildman–Crippen MR) is 133 cm³/mol. The van der Waals surface area contributed by atoms with Crippen LogP contribution >= 0.6 is 0 Å². The van der Waals surface area contributed by atoms with Crippen LogP contribution in [0.1, 0.15) is 81.9 Å². The first-order chi connectivity index (χ1) is 15.3. The summed E-state index contributed by atoms with van der Waals surface area (Å²) in [4.78, 5) is 0. The molecule has 0 N–H and O–H groups in total. The number of benzene rings is 2. The molecular formula is C30H36O. The lowest BCUT2D eigenvalue weighted by atomic mass is 10.0. The Kier molecular flexibility index (Phi) is 12.5. The summed E-state index contributed by atoms with van der Waals surface area (Å²) in [7, 11) is 0. The molecule has 0 spiro atoms.